The molecule has 7 nitrogen and oxygen atoms in total. The second kappa shape index (κ2) is 8.56. The molecule has 146 valence electrons. The summed E-state index contributed by atoms with van der Waals surface area (Å²) < 4.78 is 12.5. The van der Waals surface area contributed by atoms with Crippen molar-refractivity contribution in [2.45, 2.75) is 20.4 Å². The maximum Gasteiger partial charge on any atom is 0.272 e. The van der Waals surface area contributed by atoms with Gasteiger partial charge in [-0.3, -0.25) is 9.59 Å². The molecule has 0 aliphatic carbocycles. The van der Waals surface area contributed by atoms with E-state index in [9.17, 15) is 9.59 Å². The van der Waals surface area contributed by atoms with Crippen molar-refractivity contribution in [1.29, 1.82) is 0 Å². The number of aromatic nitrogens is 2. The fourth-order valence-electron chi connectivity index (χ4n) is 3.00. The Morgan fingerprint density at radius 3 is 2.64 bits per heavy atom. The van der Waals surface area contributed by atoms with E-state index < -0.39 is 0 Å². The van der Waals surface area contributed by atoms with Crippen LogP contribution in [0.25, 0.3) is 11.0 Å². The minimum absolute atomic E-state index is 0.110. The minimum atomic E-state index is -0.223. The fourth-order valence-corrected chi connectivity index (χ4v) is 3.00. The number of ether oxygens (including phenoxy) is 2. The Morgan fingerprint density at radius 2 is 1.93 bits per heavy atom. The molecule has 0 radical (unpaired) electrons. The summed E-state index contributed by atoms with van der Waals surface area (Å²) in [4.78, 5) is 28.9. The SMILES string of the molecule is CCn1c(=O)c(C)nc2cc(C(=O)NCCOc3ccccc3OC)ccc21. The summed E-state index contributed by atoms with van der Waals surface area (Å²) in [6.07, 6.45) is 0. The molecule has 1 amide bonds. The van der Waals surface area contributed by atoms with Crippen molar-refractivity contribution in [2.75, 3.05) is 20.3 Å². The lowest BCUT2D eigenvalue weighted by Crippen LogP contribution is -2.28. The van der Waals surface area contributed by atoms with Gasteiger partial charge in [-0.2, -0.15) is 0 Å². The van der Waals surface area contributed by atoms with E-state index in [2.05, 4.69) is 10.3 Å². The van der Waals surface area contributed by atoms with E-state index in [1.807, 2.05) is 31.2 Å². The zero-order chi connectivity index (χ0) is 20.1. The average Bonchev–Trinajstić information content (AvgIpc) is 2.72. The average molecular weight is 381 g/mol. The van der Waals surface area contributed by atoms with Crippen molar-refractivity contribution in [3.05, 3.63) is 64.1 Å². The Kier molecular flexibility index (Phi) is 5.93. The molecule has 0 aliphatic rings. The van der Waals surface area contributed by atoms with Gasteiger partial charge in [-0.05, 0) is 44.2 Å². The number of amides is 1. The van der Waals surface area contributed by atoms with Crippen molar-refractivity contribution >= 4 is 16.9 Å². The van der Waals surface area contributed by atoms with Crippen molar-refractivity contribution in [3.8, 4) is 11.5 Å². The molecule has 0 spiro atoms. The summed E-state index contributed by atoms with van der Waals surface area (Å²) in [6, 6.07) is 12.5. The number of methoxy groups -OCH3 is 1. The molecule has 0 aliphatic heterocycles. The van der Waals surface area contributed by atoms with Crippen LogP contribution in [0.15, 0.2) is 47.3 Å². The van der Waals surface area contributed by atoms with Gasteiger partial charge in [0.2, 0.25) is 0 Å². The Labute approximate surface area is 162 Å². The molecule has 2 aromatic carbocycles. The van der Waals surface area contributed by atoms with Gasteiger partial charge in [0.15, 0.2) is 11.5 Å². The summed E-state index contributed by atoms with van der Waals surface area (Å²) in [7, 11) is 1.58. The van der Waals surface area contributed by atoms with Gasteiger partial charge in [0, 0.05) is 12.1 Å². The smallest absolute Gasteiger partial charge is 0.272 e. The summed E-state index contributed by atoms with van der Waals surface area (Å²) >= 11 is 0. The van der Waals surface area contributed by atoms with Gasteiger partial charge >= 0.3 is 0 Å². The number of aryl methyl sites for hydroxylation is 2. The lowest BCUT2D eigenvalue weighted by molar-refractivity contribution is 0.0947. The number of hydrogen-bond acceptors (Lipinski definition) is 5. The maximum absolute atomic E-state index is 12.4. The van der Waals surface area contributed by atoms with E-state index in [-0.39, 0.29) is 11.5 Å². The molecule has 3 rings (SSSR count). The standard InChI is InChI=1S/C21H23N3O4/c1-4-24-17-10-9-15(13-16(17)23-14(2)21(24)26)20(25)22-11-12-28-19-8-6-5-7-18(19)27-3/h5-10,13H,4,11-12H2,1-3H3,(H,22,25). The zero-order valence-corrected chi connectivity index (χ0v) is 16.2. The zero-order valence-electron chi connectivity index (χ0n) is 16.2. The lowest BCUT2D eigenvalue weighted by atomic mass is 10.1. The van der Waals surface area contributed by atoms with E-state index in [1.165, 1.54) is 0 Å². The second-order valence-corrected chi connectivity index (χ2v) is 6.21. The topological polar surface area (TPSA) is 82.5 Å². The number of carbonyl (C=O) groups is 1. The third-order valence-electron chi connectivity index (χ3n) is 4.40. The number of nitrogens with one attached hydrogen (secondary N) is 1. The second-order valence-electron chi connectivity index (χ2n) is 6.21. The molecule has 0 saturated carbocycles. The number of fused-ring (bicyclic) bond motifs is 1. The van der Waals surface area contributed by atoms with Crippen LogP contribution in [0.5, 0.6) is 11.5 Å². The number of rotatable bonds is 7. The number of para-hydroxylation sites is 2. The maximum atomic E-state index is 12.4. The highest BCUT2D eigenvalue weighted by molar-refractivity contribution is 5.97. The van der Waals surface area contributed by atoms with E-state index in [0.29, 0.717) is 53.5 Å². The van der Waals surface area contributed by atoms with Gasteiger partial charge in [0.05, 0.1) is 24.7 Å². The van der Waals surface area contributed by atoms with Gasteiger partial charge < -0.3 is 19.4 Å². The van der Waals surface area contributed by atoms with Crippen LogP contribution in [0.2, 0.25) is 0 Å². The highest BCUT2D eigenvalue weighted by atomic mass is 16.5. The first-order chi connectivity index (χ1) is 13.5. The van der Waals surface area contributed by atoms with Crippen LogP contribution in [0.3, 0.4) is 0 Å². The first-order valence-corrected chi connectivity index (χ1v) is 9.10. The van der Waals surface area contributed by atoms with E-state index >= 15 is 0 Å². The molecule has 3 aromatic rings. The van der Waals surface area contributed by atoms with Crippen LogP contribution in [0.4, 0.5) is 0 Å². The number of carbonyl (C=O) groups excluding carboxylic acids is 1. The van der Waals surface area contributed by atoms with Crippen LogP contribution < -0.4 is 20.3 Å². The van der Waals surface area contributed by atoms with Gasteiger partial charge in [-0.1, -0.05) is 12.1 Å². The first kappa shape index (κ1) is 19.4. The summed E-state index contributed by atoms with van der Waals surface area (Å²) in [5.41, 5.74) is 2.13. The largest absolute Gasteiger partial charge is 0.493 e. The first-order valence-electron chi connectivity index (χ1n) is 9.10. The number of hydrogen-bond donors (Lipinski definition) is 1. The Hall–Kier alpha value is -3.35. The molecule has 0 saturated heterocycles. The Bertz CT molecular complexity index is 1060. The van der Waals surface area contributed by atoms with E-state index in [4.69, 9.17) is 9.47 Å². The third-order valence-corrected chi connectivity index (χ3v) is 4.40. The quantitative estimate of drug-likeness (QED) is 0.636. The molecular formula is C21H23N3O4. The van der Waals surface area contributed by atoms with Gasteiger partial charge in [0.1, 0.15) is 12.3 Å². The van der Waals surface area contributed by atoms with E-state index in [0.717, 1.165) is 0 Å². The molecule has 0 fully saturated rings. The van der Waals surface area contributed by atoms with Crippen molar-refractivity contribution < 1.29 is 14.3 Å². The van der Waals surface area contributed by atoms with Crippen LogP contribution in [0, 0.1) is 6.92 Å². The highest BCUT2D eigenvalue weighted by Crippen LogP contribution is 2.25. The Morgan fingerprint density at radius 1 is 1.18 bits per heavy atom. The van der Waals surface area contributed by atoms with Crippen molar-refractivity contribution in [3.63, 3.8) is 0 Å². The molecule has 28 heavy (non-hydrogen) atoms. The van der Waals surface area contributed by atoms with Crippen LogP contribution in [-0.2, 0) is 6.54 Å². The molecule has 1 N–H and O–H groups in total. The normalized spacial score (nSPS) is 10.7. The van der Waals surface area contributed by atoms with Crippen LogP contribution in [-0.4, -0.2) is 35.7 Å². The molecule has 0 unspecified atom stereocenters. The van der Waals surface area contributed by atoms with Crippen LogP contribution >= 0.6 is 0 Å². The number of benzene rings is 2. The molecule has 7 heteroatoms. The minimum Gasteiger partial charge on any atom is -0.493 e. The summed E-state index contributed by atoms with van der Waals surface area (Å²) in [6.45, 7) is 4.78. The Balaban J connectivity index is 1.67. The van der Waals surface area contributed by atoms with Crippen LogP contribution in [0.1, 0.15) is 23.0 Å². The van der Waals surface area contributed by atoms with Gasteiger partial charge in [0.25, 0.3) is 11.5 Å². The molecule has 0 atom stereocenters. The lowest BCUT2D eigenvalue weighted by Gasteiger charge is -2.12. The van der Waals surface area contributed by atoms with Crippen molar-refractivity contribution in [2.24, 2.45) is 0 Å². The van der Waals surface area contributed by atoms with Gasteiger partial charge in [-0.15, -0.1) is 0 Å². The predicted molar refractivity (Wildman–Crippen MR) is 107 cm³/mol. The van der Waals surface area contributed by atoms with E-state index in [1.54, 1.807) is 36.8 Å². The molecule has 1 aromatic heterocycles. The summed E-state index contributed by atoms with van der Waals surface area (Å²) in [5, 5.41) is 2.82. The molecular weight excluding hydrogens is 358 g/mol. The third kappa shape index (κ3) is 3.98. The predicted octanol–water partition coefficient (Wildman–Crippen LogP) is 2.54. The molecule has 0 bridgehead atoms. The summed E-state index contributed by atoms with van der Waals surface area (Å²) in [5.74, 6) is 1.05. The molecule has 1 heterocycles. The number of nitrogens with zero attached hydrogens (tertiary/aromatic N) is 2. The highest BCUT2D eigenvalue weighted by Gasteiger charge is 2.11. The van der Waals surface area contributed by atoms with Crippen molar-refractivity contribution in [1.82, 2.24) is 14.9 Å². The monoisotopic (exact) mass is 381 g/mol. The fraction of sp³-hybridized carbons (Fsp3) is 0.286. The van der Waals surface area contributed by atoms with Gasteiger partial charge in [-0.25, -0.2) is 4.98 Å².